The minimum Gasteiger partial charge on any atom is -0.493 e. The molecule has 34 heavy (non-hydrogen) atoms. The molecule has 0 fully saturated rings. The van der Waals surface area contributed by atoms with Crippen LogP contribution >= 0.6 is 0 Å². The van der Waals surface area contributed by atoms with Crippen molar-refractivity contribution in [3.63, 3.8) is 0 Å². The predicted molar refractivity (Wildman–Crippen MR) is 121 cm³/mol. The van der Waals surface area contributed by atoms with Crippen LogP contribution in [0.25, 0.3) is 0 Å². The van der Waals surface area contributed by atoms with E-state index >= 15 is 0 Å². The lowest BCUT2D eigenvalue weighted by Crippen LogP contribution is -2.49. The van der Waals surface area contributed by atoms with E-state index in [9.17, 15) is 23.2 Å². The normalized spacial score (nSPS) is 11.5. The molecule has 0 spiro atoms. The summed E-state index contributed by atoms with van der Waals surface area (Å²) in [5, 5.41) is 7.73. The maximum atomic E-state index is 13.9. The van der Waals surface area contributed by atoms with E-state index in [0.717, 1.165) is 18.2 Å². The fourth-order valence-electron chi connectivity index (χ4n) is 3.09. The number of carbonyl (C=O) groups excluding carboxylic acids is 3. The number of likely N-dealkylation sites (N-methyl/N-ethyl adjacent to an activating group) is 1. The van der Waals surface area contributed by atoms with E-state index in [1.165, 1.54) is 7.11 Å². The van der Waals surface area contributed by atoms with Crippen molar-refractivity contribution in [3.8, 4) is 11.5 Å². The van der Waals surface area contributed by atoms with Gasteiger partial charge in [-0.1, -0.05) is 26.0 Å². The zero-order chi connectivity index (χ0) is 25.3. The second kappa shape index (κ2) is 12.5. The van der Waals surface area contributed by atoms with E-state index in [1.54, 1.807) is 39.0 Å². The maximum absolute atomic E-state index is 13.9. The van der Waals surface area contributed by atoms with Crippen molar-refractivity contribution in [1.82, 2.24) is 16.0 Å². The second-order valence-electron chi connectivity index (χ2n) is 7.74. The largest absolute Gasteiger partial charge is 0.493 e. The van der Waals surface area contributed by atoms with Gasteiger partial charge in [-0.2, -0.15) is 0 Å². The molecule has 2 aromatic rings. The van der Waals surface area contributed by atoms with Gasteiger partial charge < -0.3 is 25.4 Å². The Labute approximate surface area is 197 Å². The fraction of sp³-hybridized carbons (Fsp3) is 0.375. The van der Waals surface area contributed by atoms with Gasteiger partial charge in [0.05, 0.1) is 7.11 Å². The number of halogens is 2. The molecule has 1 atom stereocenters. The summed E-state index contributed by atoms with van der Waals surface area (Å²) in [7, 11) is 1.45. The standard InChI is InChI=1S/C24H29F2N3O5/c1-5-27-20(30)13-34-18-10-9-15(11-19(18)33-4)12-28-24(32)22(14(2)3)29-23(31)21-16(25)7-6-8-17(21)26/h6-11,14,22H,5,12-13H2,1-4H3,(H,27,30)(H,28,32)(H,29,31)/t22-/m0/s1. The highest BCUT2D eigenvalue weighted by Gasteiger charge is 2.27. The summed E-state index contributed by atoms with van der Waals surface area (Å²) in [5.41, 5.74) is -0.0709. The first-order valence-electron chi connectivity index (χ1n) is 10.8. The van der Waals surface area contributed by atoms with Crippen LogP contribution in [0.4, 0.5) is 8.78 Å². The van der Waals surface area contributed by atoms with Crippen LogP contribution in [0.3, 0.4) is 0 Å². The van der Waals surface area contributed by atoms with Crippen molar-refractivity contribution in [2.24, 2.45) is 5.92 Å². The molecule has 2 aromatic carbocycles. The molecule has 0 saturated heterocycles. The summed E-state index contributed by atoms with van der Waals surface area (Å²) in [6.07, 6.45) is 0. The quantitative estimate of drug-likeness (QED) is 0.461. The Morgan fingerprint density at radius 2 is 1.68 bits per heavy atom. The minimum atomic E-state index is -1.02. The third-order valence-electron chi connectivity index (χ3n) is 4.85. The van der Waals surface area contributed by atoms with Gasteiger partial charge >= 0.3 is 0 Å². The van der Waals surface area contributed by atoms with E-state index in [2.05, 4.69) is 16.0 Å². The Morgan fingerprint density at radius 3 is 2.26 bits per heavy atom. The number of rotatable bonds is 11. The summed E-state index contributed by atoms with van der Waals surface area (Å²) in [4.78, 5) is 36.8. The number of benzene rings is 2. The molecule has 0 bridgehead atoms. The van der Waals surface area contributed by atoms with Crippen molar-refractivity contribution < 1.29 is 32.6 Å². The van der Waals surface area contributed by atoms with Crippen molar-refractivity contribution in [3.05, 3.63) is 59.2 Å². The number of hydrogen-bond donors (Lipinski definition) is 3. The van der Waals surface area contributed by atoms with Crippen LogP contribution in [-0.2, 0) is 16.1 Å². The monoisotopic (exact) mass is 477 g/mol. The highest BCUT2D eigenvalue weighted by atomic mass is 19.1. The zero-order valence-electron chi connectivity index (χ0n) is 19.5. The molecule has 0 aliphatic heterocycles. The maximum Gasteiger partial charge on any atom is 0.257 e. The van der Waals surface area contributed by atoms with Gasteiger partial charge in [-0.15, -0.1) is 0 Å². The Kier molecular flexibility index (Phi) is 9.78. The van der Waals surface area contributed by atoms with E-state index in [4.69, 9.17) is 9.47 Å². The van der Waals surface area contributed by atoms with Gasteiger partial charge in [0.25, 0.3) is 11.8 Å². The fourth-order valence-corrected chi connectivity index (χ4v) is 3.09. The Hall–Kier alpha value is -3.69. The summed E-state index contributed by atoms with van der Waals surface area (Å²) in [6, 6.07) is 7.02. The smallest absolute Gasteiger partial charge is 0.257 e. The Morgan fingerprint density at radius 1 is 1.00 bits per heavy atom. The summed E-state index contributed by atoms with van der Waals surface area (Å²) in [6.45, 7) is 5.62. The molecule has 10 heteroatoms. The molecule has 0 aliphatic carbocycles. The third-order valence-corrected chi connectivity index (χ3v) is 4.85. The van der Waals surface area contributed by atoms with Crippen molar-refractivity contribution in [1.29, 1.82) is 0 Å². The van der Waals surface area contributed by atoms with Crippen LogP contribution in [0, 0.1) is 17.6 Å². The van der Waals surface area contributed by atoms with Gasteiger partial charge in [-0.25, -0.2) is 8.78 Å². The molecule has 2 rings (SSSR count). The number of ether oxygens (including phenoxy) is 2. The lowest BCUT2D eigenvalue weighted by molar-refractivity contribution is -0.124. The van der Waals surface area contributed by atoms with Crippen LogP contribution in [0.1, 0.15) is 36.7 Å². The van der Waals surface area contributed by atoms with E-state index in [1.807, 2.05) is 0 Å². The summed E-state index contributed by atoms with van der Waals surface area (Å²) < 4.78 is 38.6. The molecule has 0 unspecified atom stereocenters. The first-order chi connectivity index (χ1) is 16.2. The number of amides is 3. The second-order valence-corrected chi connectivity index (χ2v) is 7.74. The van der Waals surface area contributed by atoms with Gasteiger partial charge in [0.15, 0.2) is 18.1 Å². The van der Waals surface area contributed by atoms with Gasteiger partial charge in [-0.05, 0) is 42.7 Å². The minimum absolute atomic E-state index is 0.0962. The van der Waals surface area contributed by atoms with Crippen molar-refractivity contribution in [2.45, 2.75) is 33.4 Å². The lowest BCUT2D eigenvalue weighted by atomic mass is 10.0. The summed E-state index contributed by atoms with van der Waals surface area (Å²) >= 11 is 0. The van der Waals surface area contributed by atoms with Crippen LogP contribution in [0.2, 0.25) is 0 Å². The van der Waals surface area contributed by atoms with Crippen LogP contribution in [-0.4, -0.2) is 44.0 Å². The molecule has 0 aliphatic rings. The molecule has 184 valence electrons. The molecule has 8 nitrogen and oxygen atoms in total. The van der Waals surface area contributed by atoms with Gasteiger partial charge in [0.1, 0.15) is 23.2 Å². The van der Waals surface area contributed by atoms with Crippen molar-refractivity contribution >= 4 is 17.7 Å². The SMILES string of the molecule is CCNC(=O)COc1ccc(CNC(=O)[C@@H](NC(=O)c2c(F)cccc2F)C(C)C)cc1OC. The van der Waals surface area contributed by atoms with Crippen LogP contribution < -0.4 is 25.4 Å². The molecular formula is C24H29F2N3O5. The third kappa shape index (κ3) is 7.16. The predicted octanol–water partition coefficient (Wildman–Crippen LogP) is 2.56. The molecule has 0 heterocycles. The molecule has 0 radical (unpaired) electrons. The average molecular weight is 478 g/mol. The number of nitrogens with one attached hydrogen (secondary N) is 3. The average Bonchev–Trinajstić information content (AvgIpc) is 2.79. The van der Waals surface area contributed by atoms with E-state index < -0.39 is 35.1 Å². The molecule has 3 N–H and O–H groups in total. The lowest BCUT2D eigenvalue weighted by Gasteiger charge is -2.22. The number of methoxy groups -OCH3 is 1. The van der Waals surface area contributed by atoms with Gasteiger partial charge in [0.2, 0.25) is 5.91 Å². The Bertz CT molecular complexity index is 1010. The van der Waals surface area contributed by atoms with Crippen LogP contribution in [0.5, 0.6) is 11.5 Å². The number of carbonyl (C=O) groups is 3. The Balaban J connectivity index is 2.04. The highest BCUT2D eigenvalue weighted by molar-refractivity contribution is 5.98. The molecular weight excluding hydrogens is 448 g/mol. The van der Waals surface area contributed by atoms with E-state index in [-0.39, 0.29) is 25.0 Å². The molecule has 3 amide bonds. The molecule has 0 saturated carbocycles. The van der Waals surface area contributed by atoms with Crippen molar-refractivity contribution in [2.75, 3.05) is 20.3 Å². The number of hydrogen-bond acceptors (Lipinski definition) is 5. The van der Waals surface area contributed by atoms with Gasteiger partial charge in [0, 0.05) is 13.1 Å². The van der Waals surface area contributed by atoms with Gasteiger partial charge in [-0.3, -0.25) is 14.4 Å². The summed E-state index contributed by atoms with van der Waals surface area (Å²) in [5.74, 6) is -3.43. The first-order valence-corrected chi connectivity index (χ1v) is 10.8. The highest BCUT2D eigenvalue weighted by Crippen LogP contribution is 2.28. The topological polar surface area (TPSA) is 106 Å². The van der Waals surface area contributed by atoms with Crippen LogP contribution in [0.15, 0.2) is 36.4 Å². The molecule has 0 aromatic heterocycles. The zero-order valence-corrected chi connectivity index (χ0v) is 19.5. The first kappa shape index (κ1) is 26.6. The van der Waals surface area contributed by atoms with E-state index in [0.29, 0.717) is 23.6 Å².